The van der Waals surface area contributed by atoms with Crippen molar-refractivity contribution in [3.05, 3.63) is 217 Å². The van der Waals surface area contributed by atoms with Crippen LogP contribution in [0.25, 0.3) is 106 Å². The minimum Gasteiger partial charge on any atom is -0.454 e. The third-order valence-corrected chi connectivity index (χ3v) is 16.7. The summed E-state index contributed by atoms with van der Waals surface area (Å²) in [5, 5.41) is 14.6. The molecular weight excluding hydrogens is 893 g/mol. The summed E-state index contributed by atoms with van der Waals surface area (Å²) in [5.74, 6) is 0. The molecule has 4 nitrogen and oxygen atoms in total. The standard InChI is InChI=1S/C64H40N2O2S2/c1-37-13-3-7-19-53(37)65(55-21-11-17-47-45-15-5-9-23-57(45)67-63(47)55)43-27-25-39-31-49-51-35-62-52(36-61(51)69-59(49)33-41(39)29-43)50-32-40-26-28-44(30-42(40)34-60(50)70-62)66(54-20-8-4-14-38(54)2)56-22-12-18-48-46-16-6-10-24-58(46)68-64(48)56/h3-36H,1-2H3. The van der Waals surface area contributed by atoms with Crippen LogP contribution in [0.3, 0.4) is 0 Å². The van der Waals surface area contributed by atoms with E-state index in [0.717, 1.165) is 78.0 Å². The molecule has 330 valence electrons. The predicted octanol–water partition coefficient (Wildman–Crippen LogP) is 20.1. The Morgan fingerprint density at radius 1 is 0.300 bits per heavy atom. The zero-order valence-corrected chi connectivity index (χ0v) is 39.8. The minimum absolute atomic E-state index is 0.884. The van der Waals surface area contributed by atoms with Gasteiger partial charge in [-0.3, -0.25) is 0 Å². The van der Waals surface area contributed by atoms with Crippen LogP contribution < -0.4 is 9.80 Å². The highest BCUT2D eigenvalue weighted by atomic mass is 32.1. The van der Waals surface area contributed by atoms with Crippen LogP contribution in [0.15, 0.2) is 215 Å². The number of thiophene rings is 2. The molecule has 0 unspecified atom stereocenters. The Morgan fingerprint density at radius 2 is 0.686 bits per heavy atom. The zero-order valence-electron chi connectivity index (χ0n) is 38.2. The number of fused-ring (bicyclic) bond motifs is 14. The third kappa shape index (κ3) is 5.94. The van der Waals surface area contributed by atoms with Gasteiger partial charge in [0.05, 0.1) is 11.4 Å². The van der Waals surface area contributed by atoms with E-state index >= 15 is 0 Å². The predicted molar refractivity (Wildman–Crippen MR) is 301 cm³/mol. The molecule has 0 aliphatic carbocycles. The van der Waals surface area contributed by atoms with Crippen molar-refractivity contribution in [2.45, 2.75) is 13.8 Å². The Morgan fingerprint density at radius 3 is 1.16 bits per heavy atom. The Balaban J connectivity index is 0.842. The molecule has 0 N–H and O–H groups in total. The third-order valence-electron chi connectivity index (χ3n) is 14.4. The van der Waals surface area contributed by atoms with E-state index in [1.807, 2.05) is 34.8 Å². The molecule has 0 spiro atoms. The van der Waals surface area contributed by atoms with Crippen molar-refractivity contribution >= 4 is 163 Å². The van der Waals surface area contributed by atoms with Gasteiger partial charge in [-0.15, -0.1) is 22.7 Å². The zero-order chi connectivity index (χ0) is 46.2. The Kier molecular flexibility index (Phi) is 8.50. The molecule has 0 saturated carbocycles. The summed E-state index contributed by atoms with van der Waals surface area (Å²) in [6.07, 6.45) is 0. The maximum atomic E-state index is 6.62. The maximum absolute atomic E-state index is 6.62. The van der Waals surface area contributed by atoms with E-state index in [-0.39, 0.29) is 0 Å². The van der Waals surface area contributed by atoms with Gasteiger partial charge < -0.3 is 18.6 Å². The monoisotopic (exact) mass is 932 g/mol. The number of para-hydroxylation sites is 6. The molecule has 15 rings (SSSR count). The summed E-state index contributed by atoms with van der Waals surface area (Å²) in [5.41, 5.74) is 12.4. The van der Waals surface area contributed by atoms with Crippen molar-refractivity contribution in [1.82, 2.24) is 0 Å². The summed E-state index contributed by atoms with van der Waals surface area (Å²) in [6.45, 7) is 4.37. The molecule has 0 saturated heterocycles. The van der Waals surface area contributed by atoms with Gasteiger partial charge in [-0.2, -0.15) is 0 Å². The van der Waals surface area contributed by atoms with Crippen LogP contribution in [0, 0.1) is 13.8 Å². The summed E-state index contributed by atoms with van der Waals surface area (Å²) in [7, 11) is 0. The van der Waals surface area contributed by atoms with Gasteiger partial charge in [0.1, 0.15) is 11.2 Å². The number of aryl methyl sites for hydroxylation is 2. The molecule has 0 amide bonds. The number of benzene rings is 11. The van der Waals surface area contributed by atoms with Crippen LogP contribution in [-0.2, 0) is 0 Å². The minimum atomic E-state index is 0.884. The molecule has 11 aromatic carbocycles. The second-order valence-electron chi connectivity index (χ2n) is 18.6. The second kappa shape index (κ2) is 15.0. The summed E-state index contributed by atoms with van der Waals surface area (Å²) in [4.78, 5) is 4.72. The normalized spacial score (nSPS) is 12.1. The SMILES string of the molecule is Cc1ccccc1N(c1ccc2cc3c(cc2c1)sc1cc2c(cc13)sc1cc3cc(N(c4ccccc4C)c4cccc5c4oc4ccccc45)ccc3cc12)c1cccc2c1oc1ccccc12. The fraction of sp³-hybridized carbons (Fsp3) is 0.0312. The van der Waals surface area contributed by atoms with Crippen molar-refractivity contribution in [1.29, 1.82) is 0 Å². The molecule has 0 aliphatic rings. The first kappa shape index (κ1) is 39.6. The molecule has 4 aromatic heterocycles. The fourth-order valence-electron chi connectivity index (χ4n) is 11.0. The van der Waals surface area contributed by atoms with Gasteiger partial charge in [0.15, 0.2) is 11.2 Å². The maximum Gasteiger partial charge on any atom is 0.159 e. The van der Waals surface area contributed by atoms with E-state index in [0.29, 0.717) is 0 Å². The molecule has 0 atom stereocenters. The van der Waals surface area contributed by atoms with E-state index in [4.69, 9.17) is 8.83 Å². The number of furan rings is 2. The molecule has 0 fully saturated rings. The highest BCUT2D eigenvalue weighted by Crippen LogP contribution is 2.48. The van der Waals surface area contributed by atoms with Crippen molar-refractivity contribution in [2.75, 3.05) is 9.80 Å². The first-order valence-corrected chi connectivity index (χ1v) is 25.3. The first-order valence-electron chi connectivity index (χ1n) is 23.7. The van der Waals surface area contributed by atoms with Gasteiger partial charge in [-0.05, 0) is 144 Å². The van der Waals surface area contributed by atoms with E-state index in [2.05, 4.69) is 218 Å². The van der Waals surface area contributed by atoms with Gasteiger partial charge in [0.2, 0.25) is 0 Å². The highest BCUT2D eigenvalue weighted by Gasteiger charge is 2.23. The van der Waals surface area contributed by atoms with Gasteiger partial charge in [0.25, 0.3) is 0 Å². The van der Waals surface area contributed by atoms with E-state index in [1.54, 1.807) is 0 Å². The van der Waals surface area contributed by atoms with Crippen LogP contribution in [0.1, 0.15) is 11.1 Å². The first-order chi connectivity index (χ1) is 34.5. The lowest BCUT2D eigenvalue weighted by molar-refractivity contribution is 0.668. The fourth-order valence-corrected chi connectivity index (χ4v) is 13.4. The van der Waals surface area contributed by atoms with Crippen LogP contribution in [0.2, 0.25) is 0 Å². The molecule has 6 heteroatoms. The molecule has 0 bridgehead atoms. The van der Waals surface area contributed by atoms with Gasteiger partial charge in [-0.1, -0.05) is 109 Å². The molecule has 0 aliphatic heterocycles. The molecule has 70 heavy (non-hydrogen) atoms. The Bertz CT molecular complexity index is 4370. The van der Waals surface area contributed by atoms with Crippen LogP contribution in [0.4, 0.5) is 34.1 Å². The Labute approximate surface area is 410 Å². The molecule has 4 heterocycles. The lowest BCUT2D eigenvalue weighted by atomic mass is 10.0. The number of hydrogen-bond donors (Lipinski definition) is 0. The van der Waals surface area contributed by atoms with Crippen LogP contribution in [0.5, 0.6) is 0 Å². The van der Waals surface area contributed by atoms with Crippen molar-refractivity contribution < 1.29 is 8.83 Å². The van der Waals surface area contributed by atoms with Gasteiger partial charge in [-0.25, -0.2) is 0 Å². The average Bonchev–Trinajstić information content (AvgIpc) is 4.16. The smallest absolute Gasteiger partial charge is 0.159 e. The summed E-state index contributed by atoms with van der Waals surface area (Å²) in [6, 6.07) is 75.1. The van der Waals surface area contributed by atoms with Crippen LogP contribution >= 0.6 is 22.7 Å². The van der Waals surface area contributed by atoms with E-state index in [1.165, 1.54) is 73.0 Å². The summed E-state index contributed by atoms with van der Waals surface area (Å²) < 4.78 is 18.4. The molecule has 0 radical (unpaired) electrons. The average molecular weight is 933 g/mol. The number of nitrogens with zero attached hydrogens (tertiary/aromatic N) is 2. The number of rotatable bonds is 6. The summed E-state index contributed by atoms with van der Waals surface area (Å²) >= 11 is 3.77. The van der Waals surface area contributed by atoms with Crippen molar-refractivity contribution in [3.8, 4) is 0 Å². The van der Waals surface area contributed by atoms with Gasteiger partial charge >= 0.3 is 0 Å². The molecular formula is C64H40N2O2S2. The van der Waals surface area contributed by atoms with Gasteiger partial charge in [0, 0.05) is 84.6 Å². The highest BCUT2D eigenvalue weighted by molar-refractivity contribution is 7.27. The second-order valence-corrected chi connectivity index (χ2v) is 20.7. The van der Waals surface area contributed by atoms with Crippen molar-refractivity contribution in [3.63, 3.8) is 0 Å². The van der Waals surface area contributed by atoms with E-state index < -0.39 is 0 Å². The molecule has 15 aromatic rings. The lowest BCUT2D eigenvalue weighted by Crippen LogP contribution is -2.11. The number of hydrogen-bond acceptors (Lipinski definition) is 6. The van der Waals surface area contributed by atoms with E-state index in [9.17, 15) is 0 Å². The largest absolute Gasteiger partial charge is 0.454 e. The lowest BCUT2D eigenvalue weighted by Gasteiger charge is -2.27. The van der Waals surface area contributed by atoms with Crippen LogP contribution in [-0.4, -0.2) is 0 Å². The Hall–Kier alpha value is -8.42. The topological polar surface area (TPSA) is 32.8 Å². The number of anilines is 6. The quantitative estimate of drug-likeness (QED) is 0.166. The van der Waals surface area contributed by atoms with Crippen molar-refractivity contribution in [2.24, 2.45) is 0 Å².